The highest BCUT2D eigenvalue weighted by Gasteiger charge is 2.48. The number of hydrogen-bond donors (Lipinski definition) is 0. The first-order chi connectivity index (χ1) is 18.2. The highest BCUT2D eigenvalue weighted by molar-refractivity contribution is 5.16. The van der Waals surface area contributed by atoms with Gasteiger partial charge in [0.15, 0.2) is 6.23 Å². The van der Waals surface area contributed by atoms with Gasteiger partial charge in [-0.25, -0.2) is 4.68 Å². The summed E-state index contributed by atoms with van der Waals surface area (Å²) in [5.74, 6) is 0. The number of aryl methyl sites for hydroxylation is 2. The van der Waals surface area contributed by atoms with Gasteiger partial charge in [0.1, 0.15) is 18.3 Å². The average Bonchev–Trinajstić information content (AvgIpc) is 3.45. The van der Waals surface area contributed by atoms with Gasteiger partial charge in [0.2, 0.25) is 0 Å². The molecule has 6 nitrogen and oxygen atoms in total. The summed E-state index contributed by atoms with van der Waals surface area (Å²) >= 11 is 0. The molecule has 1 aromatic heterocycles. The van der Waals surface area contributed by atoms with E-state index in [1.807, 2.05) is 73.1 Å². The molecule has 4 aromatic rings. The lowest BCUT2D eigenvalue weighted by atomic mass is 10.1. The van der Waals surface area contributed by atoms with Gasteiger partial charge in [-0.1, -0.05) is 91.0 Å². The van der Waals surface area contributed by atoms with Crippen LogP contribution in [0.15, 0.2) is 97.1 Å². The molecule has 0 spiro atoms. The van der Waals surface area contributed by atoms with E-state index in [1.54, 1.807) is 0 Å². The van der Waals surface area contributed by atoms with Crippen LogP contribution >= 0.6 is 0 Å². The smallest absolute Gasteiger partial charge is 0.179 e. The second kappa shape index (κ2) is 12.3. The van der Waals surface area contributed by atoms with Crippen LogP contribution in [0.25, 0.3) is 0 Å². The summed E-state index contributed by atoms with van der Waals surface area (Å²) in [6, 6.07) is 32.6. The second-order valence-corrected chi connectivity index (χ2v) is 9.46. The van der Waals surface area contributed by atoms with Gasteiger partial charge < -0.3 is 18.9 Å². The quantitative estimate of drug-likeness (QED) is 0.262. The van der Waals surface area contributed by atoms with E-state index in [2.05, 4.69) is 42.5 Å². The van der Waals surface area contributed by atoms with E-state index in [9.17, 15) is 0 Å². The van der Waals surface area contributed by atoms with Crippen LogP contribution in [0.5, 0.6) is 0 Å². The van der Waals surface area contributed by atoms with Crippen LogP contribution in [0, 0.1) is 13.8 Å². The minimum atomic E-state index is -0.427. The van der Waals surface area contributed by atoms with Crippen molar-refractivity contribution in [3.63, 3.8) is 0 Å². The summed E-state index contributed by atoms with van der Waals surface area (Å²) in [7, 11) is 0. The number of aromatic nitrogens is 2. The van der Waals surface area contributed by atoms with Gasteiger partial charge in [-0.2, -0.15) is 5.10 Å². The van der Waals surface area contributed by atoms with Crippen molar-refractivity contribution < 1.29 is 18.9 Å². The molecule has 4 atom stereocenters. The molecule has 1 aliphatic heterocycles. The van der Waals surface area contributed by atoms with Gasteiger partial charge >= 0.3 is 0 Å². The fraction of sp³-hybridized carbons (Fsp3) is 0.323. The third-order valence-electron chi connectivity index (χ3n) is 6.54. The number of benzene rings is 3. The standard InChI is InChI=1S/C31H34N2O4/c1-23-18-24(2)33(32-23)31-30(36-21-27-16-10-5-11-17-27)29(35-20-26-14-8-4-9-15-26)28(37-31)22-34-19-25-12-6-3-7-13-25/h3-18,28-31H,19-22H2,1-2H3/t28-,29-,30-,31?/m1/s1. The van der Waals surface area contributed by atoms with E-state index >= 15 is 0 Å². The number of rotatable bonds is 11. The zero-order valence-corrected chi connectivity index (χ0v) is 21.4. The Bertz CT molecular complexity index is 1230. The van der Waals surface area contributed by atoms with Crippen LogP contribution in [0.3, 0.4) is 0 Å². The Labute approximate surface area is 218 Å². The predicted octanol–water partition coefficient (Wildman–Crippen LogP) is 5.78. The molecule has 1 unspecified atom stereocenters. The Hall–Kier alpha value is -3.29. The molecule has 1 saturated heterocycles. The average molecular weight is 499 g/mol. The van der Waals surface area contributed by atoms with Crippen LogP contribution in [0.1, 0.15) is 34.3 Å². The van der Waals surface area contributed by atoms with E-state index in [1.165, 1.54) is 0 Å². The van der Waals surface area contributed by atoms with Gasteiger partial charge in [0.05, 0.1) is 32.1 Å². The first-order valence-electron chi connectivity index (χ1n) is 12.8. The first-order valence-corrected chi connectivity index (χ1v) is 12.8. The van der Waals surface area contributed by atoms with Crippen LogP contribution < -0.4 is 0 Å². The monoisotopic (exact) mass is 498 g/mol. The van der Waals surface area contributed by atoms with Gasteiger partial charge in [0.25, 0.3) is 0 Å². The summed E-state index contributed by atoms with van der Waals surface area (Å²) in [4.78, 5) is 0. The lowest BCUT2D eigenvalue weighted by Gasteiger charge is -2.25. The maximum absolute atomic E-state index is 6.61. The highest BCUT2D eigenvalue weighted by atomic mass is 16.6. The maximum Gasteiger partial charge on any atom is 0.179 e. The zero-order valence-electron chi connectivity index (χ0n) is 21.4. The lowest BCUT2D eigenvalue weighted by molar-refractivity contribution is -0.0937. The SMILES string of the molecule is Cc1cc(C)n(C2O[C@H](COCc3ccccc3)[C@@H](OCc3ccccc3)[C@H]2OCc2ccccc2)n1. The minimum absolute atomic E-state index is 0.317. The highest BCUT2D eigenvalue weighted by Crippen LogP contribution is 2.36. The molecule has 0 saturated carbocycles. The van der Waals surface area contributed by atoms with Crippen LogP contribution in [0.2, 0.25) is 0 Å². The summed E-state index contributed by atoms with van der Waals surface area (Å²) < 4.78 is 27.7. The van der Waals surface area contributed by atoms with Crippen molar-refractivity contribution >= 4 is 0 Å². The first kappa shape index (κ1) is 25.4. The molecule has 1 fully saturated rings. The van der Waals surface area contributed by atoms with Gasteiger partial charge in [-0.15, -0.1) is 0 Å². The topological polar surface area (TPSA) is 54.7 Å². The Morgan fingerprint density at radius 1 is 0.703 bits per heavy atom. The van der Waals surface area contributed by atoms with Crippen molar-refractivity contribution in [1.82, 2.24) is 9.78 Å². The molecular weight excluding hydrogens is 464 g/mol. The third-order valence-corrected chi connectivity index (χ3v) is 6.54. The molecule has 0 bridgehead atoms. The van der Waals surface area contributed by atoms with Crippen LogP contribution in [-0.2, 0) is 38.8 Å². The van der Waals surface area contributed by atoms with Crippen LogP contribution in [-0.4, -0.2) is 34.7 Å². The Morgan fingerprint density at radius 2 is 1.22 bits per heavy atom. The molecule has 5 rings (SSSR count). The largest absolute Gasteiger partial charge is 0.374 e. The summed E-state index contributed by atoms with van der Waals surface area (Å²) in [5, 5.41) is 4.73. The molecule has 0 N–H and O–H groups in total. The predicted molar refractivity (Wildman–Crippen MR) is 142 cm³/mol. The van der Waals surface area contributed by atoms with E-state index in [0.717, 1.165) is 28.1 Å². The lowest BCUT2D eigenvalue weighted by Crippen LogP contribution is -2.38. The Morgan fingerprint density at radius 3 is 1.73 bits per heavy atom. The van der Waals surface area contributed by atoms with Crippen LogP contribution in [0.4, 0.5) is 0 Å². The normalized spacial score (nSPS) is 21.4. The van der Waals surface area contributed by atoms with Crippen molar-refractivity contribution in [1.29, 1.82) is 0 Å². The van der Waals surface area contributed by atoms with E-state index < -0.39 is 6.23 Å². The van der Waals surface area contributed by atoms with Gasteiger partial charge in [0, 0.05) is 5.69 Å². The molecule has 0 amide bonds. The fourth-order valence-corrected chi connectivity index (χ4v) is 4.72. The maximum atomic E-state index is 6.61. The van der Waals surface area contributed by atoms with Crippen molar-refractivity contribution in [2.75, 3.05) is 6.61 Å². The van der Waals surface area contributed by atoms with E-state index in [4.69, 9.17) is 24.0 Å². The van der Waals surface area contributed by atoms with Crippen molar-refractivity contribution in [2.45, 2.75) is 58.2 Å². The van der Waals surface area contributed by atoms with Crippen molar-refractivity contribution in [2.24, 2.45) is 0 Å². The molecule has 1 aliphatic rings. The Kier molecular flexibility index (Phi) is 8.43. The number of ether oxygens (including phenoxy) is 4. The molecular formula is C31H34N2O4. The summed E-state index contributed by atoms with van der Waals surface area (Å²) in [6.45, 7) is 5.83. The van der Waals surface area contributed by atoms with Crippen molar-refractivity contribution in [3.8, 4) is 0 Å². The van der Waals surface area contributed by atoms with Gasteiger partial charge in [-0.05, 0) is 36.6 Å². The minimum Gasteiger partial charge on any atom is -0.374 e. The van der Waals surface area contributed by atoms with Gasteiger partial charge in [-0.3, -0.25) is 0 Å². The fourth-order valence-electron chi connectivity index (χ4n) is 4.72. The second-order valence-electron chi connectivity index (χ2n) is 9.46. The molecule has 6 heteroatoms. The zero-order chi connectivity index (χ0) is 25.5. The summed E-state index contributed by atoms with van der Waals surface area (Å²) in [5.41, 5.74) is 5.27. The third kappa shape index (κ3) is 6.53. The molecule has 3 aromatic carbocycles. The number of nitrogens with zero attached hydrogens (tertiary/aromatic N) is 2. The van der Waals surface area contributed by atoms with E-state index in [0.29, 0.717) is 26.4 Å². The van der Waals surface area contributed by atoms with E-state index in [-0.39, 0.29) is 18.3 Å². The van der Waals surface area contributed by atoms with Crippen molar-refractivity contribution in [3.05, 3.63) is 125 Å². The molecule has 37 heavy (non-hydrogen) atoms. The molecule has 2 heterocycles. The molecule has 192 valence electrons. The Balaban J connectivity index is 1.38. The number of hydrogen-bond acceptors (Lipinski definition) is 5. The molecule has 0 radical (unpaired) electrons. The summed E-state index contributed by atoms with van der Waals surface area (Å²) in [6.07, 6.45) is -1.45. The molecule has 0 aliphatic carbocycles.